The Morgan fingerprint density at radius 1 is 1.43 bits per heavy atom. The second kappa shape index (κ2) is 3.91. The summed E-state index contributed by atoms with van der Waals surface area (Å²) in [4.78, 5) is 21.9. The molecule has 0 aliphatic heterocycles. The minimum atomic E-state index is -1.09. The maximum atomic E-state index is 11.2. The minimum absolute atomic E-state index is 0.0256. The molecule has 0 aliphatic carbocycles. The van der Waals surface area contributed by atoms with E-state index in [2.05, 4.69) is 0 Å². The molecule has 1 rings (SSSR count). The summed E-state index contributed by atoms with van der Waals surface area (Å²) in [6, 6.07) is 4.22. The monoisotopic (exact) mass is 193 g/mol. The van der Waals surface area contributed by atoms with Crippen LogP contribution in [0.5, 0.6) is 0 Å². The first-order valence-corrected chi connectivity index (χ1v) is 4.22. The lowest BCUT2D eigenvalue weighted by atomic mass is 10.0. The van der Waals surface area contributed by atoms with E-state index in [9.17, 15) is 9.59 Å². The molecule has 0 aliphatic rings. The smallest absolute Gasteiger partial charge is 0.337 e. The number of carboxylic acid groups (broad SMARTS) is 1. The van der Waals surface area contributed by atoms with Crippen molar-refractivity contribution in [2.45, 2.75) is 13.3 Å². The van der Waals surface area contributed by atoms with Gasteiger partial charge in [0.2, 0.25) is 0 Å². The van der Waals surface area contributed by atoms with E-state index >= 15 is 0 Å². The van der Waals surface area contributed by atoms with Crippen LogP contribution in [0, 0.1) is 0 Å². The first-order chi connectivity index (χ1) is 6.56. The molecule has 0 atom stereocenters. The number of nitrogen functional groups attached to an aromatic ring is 1. The molecule has 0 fully saturated rings. The Hall–Kier alpha value is -1.84. The fourth-order valence-electron chi connectivity index (χ4n) is 1.14. The van der Waals surface area contributed by atoms with E-state index in [1.807, 2.05) is 0 Å². The number of carboxylic acids is 1. The number of Topliss-reactive ketones (excluding diaryl/α,β-unsaturated/α-hetero) is 1. The summed E-state index contributed by atoms with van der Waals surface area (Å²) in [5.41, 5.74) is 6.08. The third kappa shape index (κ3) is 1.90. The number of rotatable bonds is 3. The van der Waals surface area contributed by atoms with E-state index in [0.29, 0.717) is 12.0 Å². The Morgan fingerprint density at radius 3 is 2.50 bits per heavy atom. The molecule has 0 unspecified atom stereocenters. The van der Waals surface area contributed by atoms with Crippen molar-refractivity contribution in [3.63, 3.8) is 0 Å². The number of aromatic carboxylic acids is 1. The third-order valence-corrected chi connectivity index (χ3v) is 1.93. The Balaban J connectivity index is 3.12. The van der Waals surface area contributed by atoms with Crippen molar-refractivity contribution in [2.24, 2.45) is 0 Å². The number of benzene rings is 1. The van der Waals surface area contributed by atoms with Crippen LogP contribution in [0.4, 0.5) is 5.69 Å². The summed E-state index contributed by atoms with van der Waals surface area (Å²) >= 11 is 0. The number of hydrogen-bond donors (Lipinski definition) is 2. The number of anilines is 1. The van der Waals surface area contributed by atoms with Crippen molar-refractivity contribution >= 4 is 17.4 Å². The highest BCUT2D eigenvalue weighted by Gasteiger charge is 2.10. The average molecular weight is 193 g/mol. The zero-order chi connectivity index (χ0) is 10.7. The van der Waals surface area contributed by atoms with Gasteiger partial charge in [-0.05, 0) is 12.1 Å². The first kappa shape index (κ1) is 10.2. The Bertz CT molecular complexity index is 385. The van der Waals surface area contributed by atoms with E-state index in [1.165, 1.54) is 18.2 Å². The molecule has 14 heavy (non-hydrogen) atoms. The van der Waals surface area contributed by atoms with Crippen LogP contribution >= 0.6 is 0 Å². The molecule has 0 amide bonds. The third-order valence-electron chi connectivity index (χ3n) is 1.93. The highest BCUT2D eigenvalue weighted by Crippen LogP contribution is 2.15. The predicted octanol–water partition coefficient (Wildman–Crippen LogP) is 1.56. The molecule has 0 bridgehead atoms. The first-order valence-electron chi connectivity index (χ1n) is 4.22. The van der Waals surface area contributed by atoms with Crippen LogP contribution < -0.4 is 5.73 Å². The molecule has 74 valence electrons. The van der Waals surface area contributed by atoms with Gasteiger partial charge < -0.3 is 10.8 Å². The van der Waals surface area contributed by atoms with Gasteiger partial charge in [0, 0.05) is 17.7 Å². The molecule has 4 nitrogen and oxygen atoms in total. The number of carbonyl (C=O) groups excluding carboxylic acids is 1. The number of nitrogens with two attached hydrogens (primary N) is 1. The molecule has 0 radical (unpaired) electrons. The topological polar surface area (TPSA) is 80.4 Å². The maximum absolute atomic E-state index is 11.2. The predicted molar refractivity (Wildman–Crippen MR) is 52.4 cm³/mol. The van der Waals surface area contributed by atoms with E-state index in [-0.39, 0.29) is 17.0 Å². The highest BCUT2D eigenvalue weighted by molar-refractivity contribution is 6.00. The average Bonchev–Trinajstić information content (AvgIpc) is 2.15. The standard InChI is InChI=1S/C10H11NO3/c1-2-9(12)6-3-4-7(10(13)14)8(11)5-6/h3-5H,2,11H2,1H3,(H,13,14). The van der Waals surface area contributed by atoms with Gasteiger partial charge in [-0.1, -0.05) is 13.0 Å². The van der Waals surface area contributed by atoms with Gasteiger partial charge in [-0.2, -0.15) is 0 Å². The summed E-state index contributed by atoms with van der Waals surface area (Å²) in [5.74, 6) is -1.13. The van der Waals surface area contributed by atoms with E-state index in [1.54, 1.807) is 6.92 Å². The van der Waals surface area contributed by atoms with Crippen LogP contribution in [-0.2, 0) is 0 Å². The molecule has 3 N–H and O–H groups in total. The van der Waals surface area contributed by atoms with E-state index in [4.69, 9.17) is 10.8 Å². The molecule has 1 aromatic carbocycles. The Labute approximate surface area is 81.3 Å². The molecule has 0 saturated carbocycles. The van der Waals surface area contributed by atoms with Gasteiger partial charge in [0.05, 0.1) is 5.56 Å². The highest BCUT2D eigenvalue weighted by atomic mass is 16.4. The van der Waals surface area contributed by atoms with Crippen molar-refractivity contribution in [3.8, 4) is 0 Å². The number of ketones is 1. The van der Waals surface area contributed by atoms with Crippen molar-refractivity contribution in [3.05, 3.63) is 29.3 Å². The molecule has 0 aromatic heterocycles. The van der Waals surface area contributed by atoms with Gasteiger partial charge in [0.25, 0.3) is 0 Å². The molecule has 4 heteroatoms. The van der Waals surface area contributed by atoms with Gasteiger partial charge in [-0.25, -0.2) is 4.79 Å². The Morgan fingerprint density at radius 2 is 2.07 bits per heavy atom. The van der Waals surface area contributed by atoms with Gasteiger partial charge in [0.15, 0.2) is 5.78 Å². The number of carbonyl (C=O) groups is 2. The summed E-state index contributed by atoms with van der Waals surface area (Å²) < 4.78 is 0. The van der Waals surface area contributed by atoms with Crippen LogP contribution in [0.3, 0.4) is 0 Å². The van der Waals surface area contributed by atoms with Crippen molar-refractivity contribution in [1.82, 2.24) is 0 Å². The lowest BCUT2D eigenvalue weighted by Gasteiger charge is -2.03. The molecule has 0 heterocycles. The zero-order valence-corrected chi connectivity index (χ0v) is 7.78. The summed E-state index contributed by atoms with van der Waals surface area (Å²) in [6.45, 7) is 1.74. The molecular formula is C10H11NO3. The largest absolute Gasteiger partial charge is 0.478 e. The van der Waals surface area contributed by atoms with E-state index < -0.39 is 5.97 Å². The molecule has 0 spiro atoms. The van der Waals surface area contributed by atoms with Crippen LogP contribution in [0.25, 0.3) is 0 Å². The fraction of sp³-hybridized carbons (Fsp3) is 0.200. The van der Waals surface area contributed by atoms with Crippen LogP contribution in [-0.4, -0.2) is 16.9 Å². The van der Waals surface area contributed by atoms with Gasteiger partial charge in [-0.3, -0.25) is 4.79 Å². The van der Waals surface area contributed by atoms with E-state index in [0.717, 1.165) is 0 Å². The summed E-state index contributed by atoms with van der Waals surface area (Å²) in [6.07, 6.45) is 0.381. The number of hydrogen-bond acceptors (Lipinski definition) is 3. The quantitative estimate of drug-likeness (QED) is 0.563. The van der Waals surface area contributed by atoms with Crippen LogP contribution in [0.1, 0.15) is 34.1 Å². The minimum Gasteiger partial charge on any atom is -0.478 e. The fourth-order valence-corrected chi connectivity index (χ4v) is 1.14. The van der Waals surface area contributed by atoms with Gasteiger partial charge in [-0.15, -0.1) is 0 Å². The molecule has 1 aromatic rings. The van der Waals surface area contributed by atoms with Crippen LogP contribution in [0.15, 0.2) is 18.2 Å². The molecule has 0 saturated heterocycles. The Kier molecular flexibility index (Phi) is 2.86. The summed E-state index contributed by atoms with van der Waals surface area (Å²) in [7, 11) is 0. The van der Waals surface area contributed by atoms with Crippen molar-refractivity contribution < 1.29 is 14.7 Å². The lowest BCUT2D eigenvalue weighted by molar-refractivity contribution is 0.0697. The maximum Gasteiger partial charge on any atom is 0.337 e. The van der Waals surface area contributed by atoms with Gasteiger partial charge in [0.1, 0.15) is 0 Å². The second-order valence-electron chi connectivity index (χ2n) is 2.88. The zero-order valence-electron chi connectivity index (χ0n) is 7.78. The second-order valence-corrected chi connectivity index (χ2v) is 2.88. The molecular weight excluding hydrogens is 182 g/mol. The SMILES string of the molecule is CCC(=O)c1ccc(C(=O)O)c(N)c1. The normalized spacial score (nSPS) is 9.79. The van der Waals surface area contributed by atoms with Crippen molar-refractivity contribution in [1.29, 1.82) is 0 Å². The summed E-state index contributed by atoms with van der Waals surface area (Å²) in [5, 5.41) is 8.69. The van der Waals surface area contributed by atoms with Crippen molar-refractivity contribution in [2.75, 3.05) is 5.73 Å². The van der Waals surface area contributed by atoms with Gasteiger partial charge >= 0.3 is 5.97 Å². The van der Waals surface area contributed by atoms with Crippen LogP contribution in [0.2, 0.25) is 0 Å². The lowest BCUT2D eigenvalue weighted by Crippen LogP contribution is -2.05.